The molecule has 0 aliphatic heterocycles. The van der Waals surface area contributed by atoms with Gasteiger partial charge >= 0.3 is 0 Å². The van der Waals surface area contributed by atoms with Gasteiger partial charge in [0.05, 0.1) is 6.10 Å². The van der Waals surface area contributed by atoms with E-state index < -0.39 is 0 Å². The van der Waals surface area contributed by atoms with Gasteiger partial charge in [-0.3, -0.25) is 9.59 Å². The third kappa shape index (κ3) is 7.45. The summed E-state index contributed by atoms with van der Waals surface area (Å²) in [6.45, 7) is 1.90. The number of ether oxygens (including phenoxy) is 1. The SMILES string of the molecule is O=C(CCCNC(=O)c1ccsc1)NCCCOC1CCCCC1. The molecule has 24 heavy (non-hydrogen) atoms. The Labute approximate surface area is 148 Å². The first kappa shape index (κ1) is 18.9. The highest BCUT2D eigenvalue weighted by molar-refractivity contribution is 7.08. The number of hydrogen-bond donors (Lipinski definition) is 2. The minimum absolute atomic E-state index is 0.0393. The lowest BCUT2D eigenvalue weighted by molar-refractivity contribution is -0.121. The van der Waals surface area contributed by atoms with Crippen LogP contribution >= 0.6 is 11.3 Å². The van der Waals surface area contributed by atoms with Crippen molar-refractivity contribution >= 4 is 23.2 Å². The maximum absolute atomic E-state index is 11.7. The molecule has 1 heterocycles. The zero-order valence-corrected chi connectivity index (χ0v) is 15.0. The van der Waals surface area contributed by atoms with Gasteiger partial charge in [0.2, 0.25) is 5.91 Å². The van der Waals surface area contributed by atoms with Gasteiger partial charge in [0.1, 0.15) is 0 Å². The highest BCUT2D eigenvalue weighted by Gasteiger charge is 2.13. The molecule has 0 aromatic carbocycles. The van der Waals surface area contributed by atoms with E-state index in [9.17, 15) is 9.59 Å². The predicted molar refractivity (Wildman–Crippen MR) is 96.3 cm³/mol. The van der Waals surface area contributed by atoms with Crippen molar-refractivity contribution < 1.29 is 14.3 Å². The summed E-state index contributed by atoms with van der Waals surface area (Å²) in [5.74, 6) is -0.0334. The molecule has 2 N–H and O–H groups in total. The summed E-state index contributed by atoms with van der Waals surface area (Å²) >= 11 is 1.50. The number of carbonyl (C=O) groups is 2. The van der Waals surface area contributed by atoms with E-state index in [0.717, 1.165) is 13.0 Å². The molecule has 0 unspecified atom stereocenters. The summed E-state index contributed by atoms with van der Waals surface area (Å²) < 4.78 is 5.83. The number of amides is 2. The Morgan fingerprint density at radius 3 is 2.67 bits per heavy atom. The number of hydrogen-bond acceptors (Lipinski definition) is 4. The quantitative estimate of drug-likeness (QED) is 0.636. The topological polar surface area (TPSA) is 67.4 Å². The number of carbonyl (C=O) groups excluding carboxylic acids is 2. The fraction of sp³-hybridized carbons (Fsp3) is 0.667. The fourth-order valence-electron chi connectivity index (χ4n) is 2.82. The largest absolute Gasteiger partial charge is 0.378 e. The van der Waals surface area contributed by atoms with E-state index in [1.165, 1.54) is 43.4 Å². The molecule has 134 valence electrons. The Balaban J connectivity index is 1.41. The van der Waals surface area contributed by atoms with Crippen LogP contribution in [0.2, 0.25) is 0 Å². The van der Waals surface area contributed by atoms with E-state index in [0.29, 0.717) is 37.6 Å². The van der Waals surface area contributed by atoms with Crippen LogP contribution in [0.3, 0.4) is 0 Å². The van der Waals surface area contributed by atoms with Crippen LogP contribution in [0, 0.1) is 0 Å². The molecule has 0 radical (unpaired) electrons. The third-order valence-corrected chi connectivity index (χ3v) is 4.88. The molecule has 2 rings (SSSR count). The molecule has 1 aliphatic rings. The van der Waals surface area contributed by atoms with E-state index in [1.807, 2.05) is 10.8 Å². The van der Waals surface area contributed by atoms with Crippen LogP contribution in [0.1, 0.15) is 61.7 Å². The van der Waals surface area contributed by atoms with Crippen LogP contribution < -0.4 is 10.6 Å². The number of rotatable bonds is 10. The minimum Gasteiger partial charge on any atom is -0.378 e. The molecular weight excluding hydrogens is 324 g/mol. The summed E-state index contributed by atoms with van der Waals surface area (Å²) in [7, 11) is 0. The van der Waals surface area contributed by atoms with Gasteiger partial charge in [-0.1, -0.05) is 19.3 Å². The van der Waals surface area contributed by atoms with E-state index in [4.69, 9.17) is 4.74 Å². The predicted octanol–water partition coefficient (Wildman–Crippen LogP) is 3.11. The molecule has 1 saturated carbocycles. The Morgan fingerprint density at radius 1 is 1.12 bits per heavy atom. The zero-order valence-electron chi connectivity index (χ0n) is 14.2. The molecular formula is C18H28N2O3S. The normalized spacial score (nSPS) is 15.2. The molecule has 0 spiro atoms. The lowest BCUT2D eigenvalue weighted by Crippen LogP contribution is -2.28. The highest BCUT2D eigenvalue weighted by atomic mass is 32.1. The highest BCUT2D eigenvalue weighted by Crippen LogP contribution is 2.20. The zero-order chi connectivity index (χ0) is 17.0. The van der Waals surface area contributed by atoms with E-state index in [1.54, 1.807) is 6.07 Å². The monoisotopic (exact) mass is 352 g/mol. The van der Waals surface area contributed by atoms with E-state index in [2.05, 4.69) is 10.6 Å². The molecule has 1 aliphatic carbocycles. The summed E-state index contributed by atoms with van der Waals surface area (Å²) in [6, 6.07) is 1.79. The van der Waals surface area contributed by atoms with Gasteiger partial charge in [0.25, 0.3) is 5.91 Å². The van der Waals surface area contributed by atoms with Gasteiger partial charge in [-0.05, 0) is 37.1 Å². The van der Waals surface area contributed by atoms with Crippen molar-refractivity contribution in [3.63, 3.8) is 0 Å². The third-order valence-electron chi connectivity index (χ3n) is 4.20. The van der Waals surface area contributed by atoms with Gasteiger partial charge in [0.15, 0.2) is 0 Å². The number of thiophene rings is 1. The molecule has 0 bridgehead atoms. The van der Waals surface area contributed by atoms with Gasteiger partial charge < -0.3 is 15.4 Å². The van der Waals surface area contributed by atoms with Crippen molar-refractivity contribution in [1.82, 2.24) is 10.6 Å². The summed E-state index contributed by atoms with van der Waals surface area (Å²) in [5, 5.41) is 9.42. The van der Waals surface area contributed by atoms with E-state index >= 15 is 0 Å². The standard InChI is InChI=1S/C18H28N2O3S/c21-17(8-4-10-20-18(22)15-9-13-24-14-15)19-11-5-12-23-16-6-2-1-3-7-16/h9,13-14,16H,1-8,10-12H2,(H,19,21)(H,20,22). The molecule has 0 atom stereocenters. The first-order chi connectivity index (χ1) is 11.8. The second-order valence-electron chi connectivity index (χ2n) is 6.21. The van der Waals surface area contributed by atoms with Crippen molar-refractivity contribution in [3.8, 4) is 0 Å². The summed E-state index contributed by atoms with van der Waals surface area (Å²) in [5.41, 5.74) is 0.683. The molecule has 2 amide bonds. The van der Waals surface area contributed by atoms with Gasteiger partial charge in [-0.2, -0.15) is 11.3 Å². The number of nitrogens with one attached hydrogen (secondary N) is 2. The van der Waals surface area contributed by atoms with Crippen molar-refractivity contribution in [2.75, 3.05) is 19.7 Å². The van der Waals surface area contributed by atoms with Gasteiger partial charge in [-0.15, -0.1) is 0 Å². The smallest absolute Gasteiger partial charge is 0.252 e. The Hall–Kier alpha value is -1.40. The molecule has 1 aromatic heterocycles. The Bertz CT molecular complexity index is 484. The Kier molecular flexibility index (Phi) is 8.84. The molecule has 1 aromatic rings. The maximum atomic E-state index is 11.7. The van der Waals surface area contributed by atoms with Gasteiger partial charge in [-0.25, -0.2) is 0 Å². The second kappa shape index (κ2) is 11.2. The summed E-state index contributed by atoms with van der Waals surface area (Å²) in [6.07, 6.45) is 8.65. The summed E-state index contributed by atoms with van der Waals surface area (Å²) in [4.78, 5) is 23.4. The van der Waals surface area contributed by atoms with Crippen molar-refractivity contribution in [1.29, 1.82) is 0 Å². The van der Waals surface area contributed by atoms with Crippen molar-refractivity contribution in [3.05, 3.63) is 22.4 Å². The van der Waals surface area contributed by atoms with Crippen molar-refractivity contribution in [2.45, 2.75) is 57.5 Å². The first-order valence-corrected chi connectivity index (χ1v) is 9.88. The lowest BCUT2D eigenvalue weighted by atomic mass is 9.98. The molecule has 0 saturated heterocycles. The van der Waals surface area contributed by atoms with Crippen LogP contribution in [-0.2, 0) is 9.53 Å². The average molecular weight is 353 g/mol. The molecule has 6 heteroatoms. The Morgan fingerprint density at radius 2 is 1.92 bits per heavy atom. The first-order valence-electron chi connectivity index (χ1n) is 8.94. The van der Waals surface area contributed by atoms with Crippen LogP contribution in [0.4, 0.5) is 0 Å². The van der Waals surface area contributed by atoms with Crippen LogP contribution in [-0.4, -0.2) is 37.6 Å². The average Bonchev–Trinajstić information content (AvgIpc) is 3.14. The van der Waals surface area contributed by atoms with E-state index in [-0.39, 0.29) is 11.8 Å². The lowest BCUT2D eigenvalue weighted by Gasteiger charge is -2.21. The van der Waals surface area contributed by atoms with Crippen molar-refractivity contribution in [2.24, 2.45) is 0 Å². The maximum Gasteiger partial charge on any atom is 0.252 e. The second-order valence-corrected chi connectivity index (χ2v) is 6.99. The van der Waals surface area contributed by atoms with Crippen LogP contribution in [0.25, 0.3) is 0 Å². The fourth-order valence-corrected chi connectivity index (χ4v) is 3.45. The minimum atomic E-state index is -0.0727. The van der Waals surface area contributed by atoms with Crippen LogP contribution in [0.5, 0.6) is 0 Å². The van der Waals surface area contributed by atoms with Gasteiger partial charge in [0, 0.05) is 37.1 Å². The molecule has 1 fully saturated rings. The molecule has 5 nitrogen and oxygen atoms in total. The van der Waals surface area contributed by atoms with Crippen LogP contribution in [0.15, 0.2) is 16.8 Å².